The minimum Gasteiger partial charge on any atom is -0.310 e. The van der Waals surface area contributed by atoms with Gasteiger partial charge in [-0.2, -0.15) is 4.98 Å². The Hall–Kier alpha value is -12.0. The fraction of sp³-hybridized carbons (Fsp3) is 0. The first-order valence-corrected chi connectivity index (χ1v) is 29.8. The summed E-state index contributed by atoms with van der Waals surface area (Å²) in [6.45, 7) is 0. The number of nitrogens with zero attached hydrogens (tertiary/aromatic N) is 8. The SMILES string of the molecule is c1ccc(N(c2ccccc2)c2ccc3c(c2)c2ccccc2n3-c2nc(N(c3ccccc3)c3ccc4c(c3)c3ccccc3n4-c3ccccc3)nc3ccc(-n4c5ccccc5c5ccc(N(c6ccccc6)c6ccccc6)cc54)cc23)cc1. The van der Waals surface area contributed by atoms with E-state index < -0.39 is 0 Å². The van der Waals surface area contributed by atoms with Crippen LogP contribution in [-0.2, 0) is 0 Å². The first-order valence-electron chi connectivity index (χ1n) is 29.8. The van der Waals surface area contributed by atoms with Crippen molar-refractivity contribution in [2.45, 2.75) is 0 Å². The van der Waals surface area contributed by atoms with Gasteiger partial charge < -0.3 is 18.9 Å². The third-order valence-corrected chi connectivity index (χ3v) is 17.1. The molecule has 0 spiro atoms. The molecule has 4 aromatic heterocycles. The van der Waals surface area contributed by atoms with E-state index in [1.807, 2.05) is 0 Å². The Labute approximate surface area is 508 Å². The number of rotatable bonds is 12. The Morgan fingerprint density at radius 2 is 0.568 bits per heavy atom. The van der Waals surface area contributed by atoms with Gasteiger partial charge in [0.05, 0.1) is 38.6 Å². The van der Waals surface area contributed by atoms with Crippen molar-refractivity contribution >= 4 is 128 Å². The van der Waals surface area contributed by atoms with Gasteiger partial charge in [-0.3, -0.25) is 9.47 Å². The summed E-state index contributed by atoms with van der Waals surface area (Å²) in [5.74, 6) is 1.30. The molecule has 0 unspecified atom stereocenters. The molecule has 17 rings (SSSR count). The molecule has 0 bridgehead atoms. The molecule has 8 heteroatoms. The van der Waals surface area contributed by atoms with Crippen LogP contribution in [0.1, 0.15) is 0 Å². The third-order valence-electron chi connectivity index (χ3n) is 17.1. The number of fused-ring (bicyclic) bond motifs is 10. The highest BCUT2D eigenvalue weighted by Crippen LogP contribution is 2.45. The van der Waals surface area contributed by atoms with Gasteiger partial charge in [0, 0.05) is 94.6 Å². The summed E-state index contributed by atoms with van der Waals surface area (Å²) < 4.78 is 7.13. The largest absolute Gasteiger partial charge is 0.310 e. The molecule has 0 fully saturated rings. The number of hydrogen-bond donors (Lipinski definition) is 0. The van der Waals surface area contributed by atoms with Gasteiger partial charge in [-0.1, -0.05) is 170 Å². The molecular formula is C80H54N8. The van der Waals surface area contributed by atoms with E-state index in [0.717, 1.165) is 134 Å². The minimum atomic E-state index is 0.540. The van der Waals surface area contributed by atoms with Crippen molar-refractivity contribution in [3.63, 3.8) is 0 Å². The first-order chi connectivity index (χ1) is 43.7. The van der Waals surface area contributed by atoms with Crippen LogP contribution in [0.5, 0.6) is 0 Å². The zero-order valence-corrected chi connectivity index (χ0v) is 47.8. The number of hydrogen-bond acceptors (Lipinski definition) is 5. The lowest BCUT2D eigenvalue weighted by molar-refractivity contribution is 1.03. The van der Waals surface area contributed by atoms with Crippen LogP contribution in [0, 0.1) is 0 Å². The maximum atomic E-state index is 5.94. The fourth-order valence-corrected chi connectivity index (χ4v) is 13.3. The summed E-state index contributed by atoms with van der Waals surface area (Å²) in [6.07, 6.45) is 0. The third kappa shape index (κ3) is 8.37. The molecule has 4 heterocycles. The molecule has 0 amide bonds. The second-order valence-electron chi connectivity index (χ2n) is 22.2. The Morgan fingerprint density at radius 1 is 0.205 bits per heavy atom. The van der Waals surface area contributed by atoms with Crippen molar-refractivity contribution in [1.29, 1.82) is 0 Å². The van der Waals surface area contributed by atoms with Crippen molar-refractivity contribution in [3.8, 4) is 17.2 Å². The lowest BCUT2D eigenvalue weighted by Gasteiger charge is -2.26. The zero-order chi connectivity index (χ0) is 58.1. The lowest BCUT2D eigenvalue weighted by Crippen LogP contribution is -2.15. The van der Waals surface area contributed by atoms with Crippen LogP contribution in [0.15, 0.2) is 328 Å². The van der Waals surface area contributed by atoms with Crippen LogP contribution in [0.3, 0.4) is 0 Å². The lowest BCUT2D eigenvalue weighted by atomic mass is 10.1. The monoisotopic (exact) mass is 1130 g/mol. The van der Waals surface area contributed by atoms with Gasteiger partial charge in [0.1, 0.15) is 0 Å². The molecule has 13 aromatic carbocycles. The Balaban J connectivity index is 0.927. The van der Waals surface area contributed by atoms with Crippen LogP contribution < -0.4 is 14.7 Å². The van der Waals surface area contributed by atoms with E-state index in [9.17, 15) is 0 Å². The Morgan fingerprint density at radius 3 is 1.08 bits per heavy atom. The van der Waals surface area contributed by atoms with Gasteiger partial charge in [-0.15, -0.1) is 0 Å². The highest BCUT2D eigenvalue weighted by atomic mass is 15.3. The average molecular weight is 1130 g/mol. The van der Waals surface area contributed by atoms with Gasteiger partial charge >= 0.3 is 0 Å². The number of aromatic nitrogens is 5. The number of benzene rings is 13. The predicted octanol–water partition coefficient (Wildman–Crippen LogP) is 21.3. The van der Waals surface area contributed by atoms with E-state index in [1.54, 1.807) is 0 Å². The van der Waals surface area contributed by atoms with Gasteiger partial charge in [-0.25, -0.2) is 4.98 Å². The summed E-state index contributed by atoms with van der Waals surface area (Å²) in [5, 5.41) is 7.74. The van der Waals surface area contributed by atoms with Crippen molar-refractivity contribution in [2.75, 3.05) is 14.7 Å². The smallest absolute Gasteiger partial charge is 0.237 e. The molecule has 0 atom stereocenters. The highest BCUT2D eigenvalue weighted by molar-refractivity contribution is 6.14. The molecule has 88 heavy (non-hydrogen) atoms. The average Bonchev–Trinajstić information content (AvgIpc) is 1.70. The van der Waals surface area contributed by atoms with Crippen LogP contribution in [0.25, 0.3) is 93.5 Å². The topological polar surface area (TPSA) is 50.3 Å². The van der Waals surface area contributed by atoms with Gasteiger partial charge in [0.2, 0.25) is 5.95 Å². The Kier molecular flexibility index (Phi) is 12.0. The van der Waals surface area contributed by atoms with Crippen LogP contribution >= 0.6 is 0 Å². The van der Waals surface area contributed by atoms with E-state index in [0.29, 0.717) is 5.95 Å². The summed E-state index contributed by atoms with van der Waals surface area (Å²) in [4.78, 5) is 18.5. The summed E-state index contributed by atoms with van der Waals surface area (Å²) in [6, 6.07) is 117. The standard InChI is InChI=1S/C80H54N8/c1-7-25-55(26-8-1)83(56-27-9-2-10-28-56)61-45-50-77-70(51-61)67-39-21-24-42-75(67)88(77)79-71-53-63(87-73-40-22-19-37-65(73)68-47-43-64(54-78(68)87)84(57-29-11-3-12-30-57)58-31-13-4-14-32-58)44-48-72(71)81-80(82-79)85(59-33-15-5-16-34-59)62-46-49-76-69(52-62)66-38-20-23-41-74(66)86(76)60-35-17-6-18-36-60/h1-54H. The van der Waals surface area contributed by atoms with Gasteiger partial charge in [0.15, 0.2) is 5.82 Å². The quantitative estimate of drug-likeness (QED) is 0.122. The molecule has 0 aliphatic carbocycles. The van der Waals surface area contributed by atoms with Crippen molar-refractivity contribution in [1.82, 2.24) is 23.7 Å². The van der Waals surface area contributed by atoms with Gasteiger partial charge in [-0.05, 0) is 158 Å². The van der Waals surface area contributed by atoms with Crippen LogP contribution in [0.2, 0.25) is 0 Å². The van der Waals surface area contributed by atoms with Crippen molar-refractivity contribution < 1.29 is 0 Å². The van der Waals surface area contributed by atoms with E-state index in [4.69, 9.17) is 9.97 Å². The molecule has 0 N–H and O–H groups in total. The summed E-state index contributed by atoms with van der Waals surface area (Å²) in [5.41, 5.74) is 17.7. The summed E-state index contributed by atoms with van der Waals surface area (Å²) >= 11 is 0. The molecule has 17 aromatic rings. The second-order valence-corrected chi connectivity index (χ2v) is 22.2. The van der Waals surface area contributed by atoms with E-state index in [2.05, 4.69) is 356 Å². The van der Waals surface area contributed by atoms with Crippen LogP contribution in [0.4, 0.5) is 51.4 Å². The molecule has 0 aliphatic rings. The second kappa shape index (κ2) is 21.0. The molecule has 0 aliphatic heterocycles. The number of anilines is 9. The van der Waals surface area contributed by atoms with Crippen molar-refractivity contribution in [2.24, 2.45) is 0 Å². The molecule has 414 valence electrons. The van der Waals surface area contributed by atoms with E-state index >= 15 is 0 Å². The molecule has 0 saturated heterocycles. The minimum absolute atomic E-state index is 0.540. The van der Waals surface area contributed by atoms with E-state index in [1.165, 1.54) is 5.39 Å². The molecule has 0 saturated carbocycles. The highest BCUT2D eigenvalue weighted by Gasteiger charge is 2.26. The number of para-hydroxylation sites is 9. The summed E-state index contributed by atoms with van der Waals surface area (Å²) in [7, 11) is 0. The molecule has 8 nitrogen and oxygen atoms in total. The first kappa shape index (κ1) is 50.5. The maximum Gasteiger partial charge on any atom is 0.237 e. The fourth-order valence-electron chi connectivity index (χ4n) is 13.3. The maximum absolute atomic E-state index is 5.94. The van der Waals surface area contributed by atoms with Crippen molar-refractivity contribution in [3.05, 3.63) is 328 Å². The normalized spacial score (nSPS) is 11.6. The molecular weight excluding hydrogens is 1070 g/mol. The van der Waals surface area contributed by atoms with Crippen LogP contribution in [-0.4, -0.2) is 23.7 Å². The van der Waals surface area contributed by atoms with Gasteiger partial charge in [0.25, 0.3) is 0 Å². The van der Waals surface area contributed by atoms with E-state index in [-0.39, 0.29) is 0 Å². The molecule has 0 radical (unpaired) electrons. The Bertz CT molecular complexity index is 5370. The predicted molar refractivity (Wildman–Crippen MR) is 367 cm³/mol. The zero-order valence-electron chi connectivity index (χ0n) is 47.8.